The quantitative estimate of drug-likeness (QED) is 0.751. The number of hydrogen-bond donors (Lipinski definition) is 2. The monoisotopic (exact) mass is 268 g/mol. The van der Waals surface area contributed by atoms with E-state index in [1.807, 2.05) is 18.2 Å². The van der Waals surface area contributed by atoms with Gasteiger partial charge in [-0.25, -0.2) is 0 Å². The zero-order valence-corrected chi connectivity index (χ0v) is 12.7. The molecule has 0 saturated heterocycles. The molecule has 20 heavy (non-hydrogen) atoms. The number of aryl methyl sites for hydroxylation is 1. The zero-order chi connectivity index (χ0) is 14.5. The average molecular weight is 268 g/mol. The molecule has 0 aromatic heterocycles. The fourth-order valence-corrected chi connectivity index (χ4v) is 2.46. The summed E-state index contributed by atoms with van der Waals surface area (Å²) in [4.78, 5) is 0. The fraction of sp³-hybridized carbons (Fsp3) is 0.333. The average Bonchev–Trinajstić information content (AvgIpc) is 2.46. The molecule has 2 nitrogen and oxygen atoms in total. The molecule has 0 atom stereocenters. The summed E-state index contributed by atoms with van der Waals surface area (Å²) in [7, 11) is 0. The van der Waals surface area contributed by atoms with Crippen LogP contribution in [0, 0.1) is 13.8 Å². The van der Waals surface area contributed by atoms with Crippen LogP contribution in [0.3, 0.4) is 0 Å². The number of unbranched alkanes of at least 4 members (excludes halogenated alkanes) is 1. The van der Waals surface area contributed by atoms with Crippen molar-refractivity contribution in [2.45, 2.75) is 40.0 Å². The van der Waals surface area contributed by atoms with Crippen molar-refractivity contribution < 1.29 is 0 Å². The SMILES string of the molecule is CCCCc1c(C)c(C)cc(Nc2ccccc2)c1N. The molecule has 0 unspecified atom stereocenters. The number of para-hydroxylation sites is 1. The van der Waals surface area contributed by atoms with Crippen LogP contribution in [0.25, 0.3) is 0 Å². The Labute approximate surface area is 122 Å². The van der Waals surface area contributed by atoms with Crippen molar-refractivity contribution in [3.8, 4) is 0 Å². The van der Waals surface area contributed by atoms with E-state index in [0.717, 1.165) is 23.5 Å². The van der Waals surface area contributed by atoms with E-state index < -0.39 is 0 Å². The number of nitrogens with two attached hydrogens (primary N) is 1. The van der Waals surface area contributed by atoms with Gasteiger partial charge in [-0.2, -0.15) is 0 Å². The Kier molecular flexibility index (Phi) is 4.67. The second-order valence-electron chi connectivity index (χ2n) is 5.35. The molecule has 2 aromatic rings. The van der Waals surface area contributed by atoms with Crippen LogP contribution in [0.5, 0.6) is 0 Å². The first-order chi connectivity index (χ1) is 9.63. The van der Waals surface area contributed by atoms with Gasteiger partial charge in [-0.15, -0.1) is 0 Å². The molecular formula is C18H24N2. The van der Waals surface area contributed by atoms with Crippen molar-refractivity contribution >= 4 is 17.1 Å². The van der Waals surface area contributed by atoms with Crippen molar-refractivity contribution in [2.75, 3.05) is 11.1 Å². The summed E-state index contributed by atoms with van der Waals surface area (Å²) >= 11 is 0. The number of nitrogens with one attached hydrogen (secondary N) is 1. The lowest BCUT2D eigenvalue weighted by Crippen LogP contribution is -2.04. The normalized spacial score (nSPS) is 10.6. The third-order valence-corrected chi connectivity index (χ3v) is 3.85. The van der Waals surface area contributed by atoms with Gasteiger partial charge in [0.25, 0.3) is 0 Å². The van der Waals surface area contributed by atoms with Crippen molar-refractivity contribution in [3.63, 3.8) is 0 Å². The second-order valence-corrected chi connectivity index (χ2v) is 5.35. The van der Waals surface area contributed by atoms with E-state index in [0.29, 0.717) is 0 Å². The molecule has 0 radical (unpaired) electrons. The molecule has 2 rings (SSSR count). The molecule has 3 N–H and O–H groups in total. The highest BCUT2D eigenvalue weighted by Crippen LogP contribution is 2.32. The zero-order valence-electron chi connectivity index (χ0n) is 12.7. The van der Waals surface area contributed by atoms with Crippen molar-refractivity contribution in [1.82, 2.24) is 0 Å². The van der Waals surface area contributed by atoms with E-state index >= 15 is 0 Å². The molecule has 2 heteroatoms. The van der Waals surface area contributed by atoms with E-state index in [1.54, 1.807) is 0 Å². The minimum atomic E-state index is 0.894. The minimum absolute atomic E-state index is 0.894. The summed E-state index contributed by atoms with van der Waals surface area (Å²) in [5, 5.41) is 3.43. The standard InChI is InChI=1S/C18H24N2/c1-4-5-11-16-14(3)13(2)12-17(18(16)19)20-15-9-7-6-8-10-15/h6-10,12,20H,4-5,11,19H2,1-3H3. The smallest absolute Gasteiger partial charge is 0.0623 e. The van der Waals surface area contributed by atoms with Crippen LogP contribution in [-0.2, 0) is 6.42 Å². The molecule has 0 fully saturated rings. The summed E-state index contributed by atoms with van der Waals surface area (Å²) in [6.45, 7) is 6.54. The third kappa shape index (κ3) is 3.13. The van der Waals surface area contributed by atoms with Crippen LogP contribution in [0.2, 0.25) is 0 Å². The topological polar surface area (TPSA) is 38.0 Å². The minimum Gasteiger partial charge on any atom is -0.397 e. The van der Waals surface area contributed by atoms with Gasteiger partial charge in [0.1, 0.15) is 0 Å². The molecule has 0 aliphatic rings. The summed E-state index contributed by atoms with van der Waals surface area (Å²) in [6.07, 6.45) is 3.42. The van der Waals surface area contributed by atoms with Gasteiger partial charge in [0.15, 0.2) is 0 Å². The molecule has 106 valence electrons. The predicted molar refractivity (Wildman–Crippen MR) is 88.7 cm³/mol. The van der Waals surface area contributed by atoms with E-state index in [1.165, 1.54) is 29.5 Å². The molecule has 0 bridgehead atoms. The van der Waals surface area contributed by atoms with Crippen LogP contribution >= 0.6 is 0 Å². The van der Waals surface area contributed by atoms with E-state index in [-0.39, 0.29) is 0 Å². The van der Waals surface area contributed by atoms with Gasteiger partial charge in [-0.3, -0.25) is 0 Å². The van der Waals surface area contributed by atoms with Gasteiger partial charge < -0.3 is 11.1 Å². The molecule has 2 aromatic carbocycles. The van der Waals surface area contributed by atoms with Crippen molar-refractivity contribution in [1.29, 1.82) is 0 Å². The van der Waals surface area contributed by atoms with Gasteiger partial charge in [0.2, 0.25) is 0 Å². The molecule has 0 saturated carbocycles. The molecule has 0 aliphatic heterocycles. The van der Waals surface area contributed by atoms with E-state index in [2.05, 4.69) is 44.3 Å². The van der Waals surface area contributed by atoms with Gasteiger partial charge in [0, 0.05) is 5.69 Å². The highest BCUT2D eigenvalue weighted by Gasteiger charge is 2.11. The number of nitrogen functional groups attached to an aromatic ring is 1. The molecule has 0 heterocycles. The summed E-state index contributed by atoms with van der Waals surface area (Å²) in [5.41, 5.74) is 13.3. The van der Waals surface area contributed by atoms with Gasteiger partial charge in [0.05, 0.1) is 11.4 Å². The van der Waals surface area contributed by atoms with Crippen LogP contribution in [0.15, 0.2) is 36.4 Å². The lowest BCUT2D eigenvalue weighted by Gasteiger charge is -2.18. The van der Waals surface area contributed by atoms with Crippen molar-refractivity contribution in [2.24, 2.45) is 0 Å². The summed E-state index contributed by atoms with van der Waals surface area (Å²) in [5.74, 6) is 0. The number of hydrogen-bond acceptors (Lipinski definition) is 2. The number of benzene rings is 2. The van der Waals surface area contributed by atoms with Crippen LogP contribution in [-0.4, -0.2) is 0 Å². The first-order valence-electron chi connectivity index (χ1n) is 7.34. The fourth-order valence-electron chi connectivity index (χ4n) is 2.46. The Morgan fingerprint density at radius 3 is 2.45 bits per heavy atom. The molecule has 0 spiro atoms. The Hall–Kier alpha value is -1.96. The molecule has 0 amide bonds. The van der Waals surface area contributed by atoms with Gasteiger partial charge >= 0.3 is 0 Å². The maximum Gasteiger partial charge on any atom is 0.0623 e. The highest BCUT2D eigenvalue weighted by molar-refractivity contribution is 5.77. The summed E-state index contributed by atoms with van der Waals surface area (Å²) < 4.78 is 0. The lowest BCUT2D eigenvalue weighted by molar-refractivity contribution is 0.792. The van der Waals surface area contributed by atoms with Gasteiger partial charge in [-0.05, 0) is 61.6 Å². The Bertz CT molecular complexity index is 574. The molecular weight excluding hydrogens is 244 g/mol. The number of anilines is 3. The largest absolute Gasteiger partial charge is 0.397 e. The Morgan fingerprint density at radius 2 is 1.80 bits per heavy atom. The first-order valence-corrected chi connectivity index (χ1v) is 7.34. The predicted octanol–water partition coefficient (Wildman–Crippen LogP) is 4.97. The summed E-state index contributed by atoms with van der Waals surface area (Å²) in [6, 6.07) is 12.3. The maximum atomic E-state index is 6.38. The Morgan fingerprint density at radius 1 is 1.10 bits per heavy atom. The maximum absolute atomic E-state index is 6.38. The molecule has 0 aliphatic carbocycles. The Balaban J connectivity index is 2.36. The second kappa shape index (κ2) is 6.47. The van der Waals surface area contributed by atoms with Gasteiger partial charge in [-0.1, -0.05) is 31.5 Å². The van der Waals surface area contributed by atoms with E-state index in [4.69, 9.17) is 5.73 Å². The van der Waals surface area contributed by atoms with E-state index in [9.17, 15) is 0 Å². The lowest BCUT2D eigenvalue weighted by atomic mass is 9.95. The van der Waals surface area contributed by atoms with Crippen LogP contribution in [0.1, 0.15) is 36.5 Å². The van der Waals surface area contributed by atoms with Crippen LogP contribution in [0.4, 0.5) is 17.1 Å². The number of rotatable bonds is 5. The highest BCUT2D eigenvalue weighted by atomic mass is 14.9. The van der Waals surface area contributed by atoms with Crippen molar-refractivity contribution in [3.05, 3.63) is 53.1 Å². The first kappa shape index (κ1) is 14.4. The van der Waals surface area contributed by atoms with Crippen LogP contribution < -0.4 is 11.1 Å². The third-order valence-electron chi connectivity index (χ3n) is 3.85.